The predicted molar refractivity (Wildman–Crippen MR) is 73.8 cm³/mol. The van der Waals surface area contributed by atoms with Crippen LogP contribution in [0.25, 0.3) is 0 Å². The van der Waals surface area contributed by atoms with Crippen molar-refractivity contribution >= 4 is 0 Å². The molecule has 4 rings (SSSR count). The maximum absolute atomic E-state index is 5.69. The van der Waals surface area contributed by atoms with E-state index in [2.05, 4.69) is 34.2 Å². The molecule has 0 aromatic rings. The van der Waals surface area contributed by atoms with Gasteiger partial charge in [0.2, 0.25) is 0 Å². The lowest BCUT2D eigenvalue weighted by Gasteiger charge is -2.37. The molecular weight excluding hydrogens is 236 g/mol. The number of fused-ring (bicyclic) bond motifs is 3. The fourth-order valence-corrected chi connectivity index (χ4v) is 3.67. The maximum Gasteiger partial charge on any atom is 0.144 e. The van der Waals surface area contributed by atoms with E-state index in [1.165, 1.54) is 32.5 Å². The molecule has 0 aliphatic carbocycles. The lowest BCUT2D eigenvalue weighted by molar-refractivity contribution is 0.167. The molecule has 0 radical (unpaired) electrons. The first-order chi connectivity index (χ1) is 9.33. The minimum atomic E-state index is 0.551. The highest BCUT2D eigenvalue weighted by Gasteiger charge is 2.35. The van der Waals surface area contributed by atoms with Crippen LogP contribution in [0.15, 0.2) is 35.4 Å². The molecule has 1 unspecified atom stereocenters. The average molecular weight is 254 g/mol. The van der Waals surface area contributed by atoms with Crippen LogP contribution in [0.4, 0.5) is 0 Å². The summed E-state index contributed by atoms with van der Waals surface area (Å²) in [5.74, 6) is 4.55. The Bertz CT molecular complexity index is 525. The van der Waals surface area contributed by atoms with Crippen molar-refractivity contribution in [3.63, 3.8) is 0 Å². The summed E-state index contributed by atoms with van der Waals surface area (Å²) in [6.45, 7) is 4.30. The van der Waals surface area contributed by atoms with Gasteiger partial charge in [0.05, 0.1) is 5.57 Å². The van der Waals surface area contributed by atoms with Crippen molar-refractivity contribution < 1.29 is 4.74 Å². The third-order valence-corrected chi connectivity index (χ3v) is 4.68. The summed E-state index contributed by atoms with van der Waals surface area (Å²) in [5.41, 5.74) is 2.06. The number of hydrogen-bond donors (Lipinski definition) is 0. The normalized spacial score (nSPS) is 35.8. The molecule has 98 valence electrons. The van der Waals surface area contributed by atoms with Crippen LogP contribution >= 0.6 is 0 Å². The van der Waals surface area contributed by atoms with Crippen molar-refractivity contribution in [2.75, 3.05) is 26.2 Å². The molecule has 2 fully saturated rings. The first-order valence-electron chi connectivity index (χ1n) is 7.06. The molecule has 0 saturated carbocycles. The second-order valence-electron chi connectivity index (χ2n) is 5.89. The number of allylic oxidation sites excluding steroid dienone is 1. The summed E-state index contributed by atoms with van der Waals surface area (Å²) in [6, 6.07) is 0.588. The van der Waals surface area contributed by atoms with Crippen molar-refractivity contribution in [3.05, 3.63) is 35.4 Å². The Morgan fingerprint density at radius 2 is 2.32 bits per heavy atom. The zero-order valence-corrected chi connectivity index (χ0v) is 11.0. The van der Waals surface area contributed by atoms with Crippen LogP contribution in [0.2, 0.25) is 0 Å². The van der Waals surface area contributed by atoms with Gasteiger partial charge >= 0.3 is 0 Å². The van der Waals surface area contributed by atoms with Crippen LogP contribution in [0.5, 0.6) is 0 Å². The molecule has 4 heterocycles. The monoisotopic (exact) mass is 254 g/mol. The topological polar surface area (TPSA) is 15.7 Å². The number of hydrogen-bond acceptors (Lipinski definition) is 3. The molecule has 3 atom stereocenters. The average Bonchev–Trinajstić information content (AvgIpc) is 3.01. The summed E-state index contributed by atoms with van der Waals surface area (Å²) < 4.78 is 5.69. The van der Waals surface area contributed by atoms with Crippen molar-refractivity contribution in [1.82, 2.24) is 9.80 Å². The van der Waals surface area contributed by atoms with Gasteiger partial charge in [-0.25, -0.2) is 0 Å². The van der Waals surface area contributed by atoms with Crippen LogP contribution in [0.3, 0.4) is 0 Å². The molecule has 0 spiro atoms. The molecule has 2 saturated heterocycles. The number of ether oxygens (including phenoxy) is 1. The number of nitrogens with zero attached hydrogens (tertiary/aromatic N) is 2. The van der Waals surface area contributed by atoms with E-state index in [0.29, 0.717) is 12.6 Å². The molecule has 0 aromatic carbocycles. The van der Waals surface area contributed by atoms with Crippen LogP contribution in [-0.2, 0) is 4.74 Å². The van der Waals surface area contributed by atoms with Crippen molar-refractivity contribution in [3.8, 4) is 12.3 Å². The minimum absolute atomic E-state index is 0.551. The maximum atomic E-state index is 5.69. The molecule has 2 bridgehead atoms. The molecule has 4 aliphatic rings. The molecule has 3 heteroatoms. The Hall–Kier alpha value is -1.66. The van der Waals surface area contributed by atoms with Gasteiger partial charge in [-0.05, 0) is 31.4 Å². The van der Waals surface area contributed by atoms with Crippen LogP contribution in [0, 0.1) is 18.3 Å². The molecule has 3 nitrogen and oxygen atoms in total. The van der Waals surface area contributed by atoms with Gasteiger partial charge in [0.1, 0.15) is 12.4 Å². The van der Waals surface area contributed by atoms with Crippen LogP contribution in [-0.4, -0.2) is 42.1 Å². The Labute approximate surface area is 114 Å². The van der Waals surface area contributed by atoms with E-state index in [9.17, 15) is 0 Å². The fraction of sp³-hybridized carbons (Fsp3) is 0.500. The van der Waals surface area contributed by atoms with E-state index >= 15 is 0 Å². The number of terminal acetylenes is 1. The van der Waals surface area contributed by atoms with E-state index in [1.54, 1.807) is 0 Å². The van der Waals surface area contributed by atoms with E-state index in [-0.39, 0.29) is 0 Å². The number of rotatable bonds is 1. The highest BCUT2D eigenvalue weighted by molar-refractivity contribution is 5.52. The zero-order valence-electron chi connectivity index (χ0n) is 11.0. The molecule has 4 aliphatic heterocycles. The fourth-order valence-electron chi connectivity index (χ4n) is 3.67. The largest absolute Gasteiger partial charge is 0.486 e. The highest BCUT2D eigenvalue weighted by atomic mass is 16.5. The minimum Gasteiger partial charge on any atom is -0.486 e. The van der Waals surface area contributed by atoms with Crippen molar-refractivity contribution in [1.29, 1.82) is 0 Å². The van der Waals surface area contributed by atoms with Gasteiger partial charge in [0, 0.05) is 37.1 Å². The standard InChI is InChI=1S/C16H18N2O/c1-2-13-11-19-16-10-18(6-4-15(13)16)14-7-12-3-5-17(8-12)9-14/h1,4,6,10,12,14H,3,5,7-9,11H2/t12-,14-/m1/s1. The Morgan fingerprint density at radius 1 is 1.37 bits per heavy atom. The Morgan fingerprint density at radius 3 is 3.16 bits per heavy atom. The predicted octanol–water partition coefficient (Wildman–Crippen LogP) is 1.71. The van der Waals surface area contributed by atoms with E-state index < -0.39 is 0 Å². The Kier molecular flexibility index (Phi) is 2.46. The van der Waals surface area contributed by atoms with Gasteiger partial charge in [0.15, 0.2) is 0 Å². The SMILES string of the molecule is C#CC1=C2C=CN([C@@H]3C[C@H]4CCN(C4)C3)C=C2OC1. The Balaban J connectivity index is 1.56. The quantitative estimate of drug-likeness (QED) is 0.663. The summed E-state index contributed by atoms with van der Waals surface area (Å²) in [4.78, 5) is 4.90. The van der Waals surface area contributed by atoms with Gasteiger partial charge in [-0.1, -0.05) is 5.92 Å². The summed E-state index contributed by atoms with van der Waals surface area (Å²) >= 11 is 0. The molecule has 0 aromatic heterocycles. The molecular formula is C16H18N2O. The van der Waals surface area contributed by atoms with Gasteiger partial charge in [0.25, 0.3) is 0 Å². The van der Waals surface area contributed by atoms with E-state index in [0.717, 1.165) is 22.8 Å². The summed E-state index contributed by atoms with van der Waals surface area (Å²) in [6.07, 6.45) is 14.6. The molecule has 0 N–H and O–H groups in total. The lowest BCUT2D eigenvalue weighted by Crippen LogP contribution is -2.43. The third kappa shape index (κ3) is 1.79. The van der Waals surface area contributed by atoms with Gasteiger partial charge in [-0.2, -0.15) is 0 Å². The van der Waals surface area contributed by atoms with Gasteiger partial charge < -0.3 is 14.5 Å². The second kappa shape index (κ2) is 4.18. The van der Waals surface area contributed by atoms with E-state index in [4.69, 9.17) is 11.2 Å². The summed E-state index contributed by atoms with van der Waals surface area (Å²) in [7, 11) is 0. The zero-order chi connectivity index (χ0) is 12.8. The third-order valence-electron chi connectivity index (χ3n) is 4.68. The first-order valence-corrected chi connectivity index (χ1v) is 7.06. The smallest absolute Gasteiger partial charge is 0.144 e. The van der Waals surface area contributed by atoms with E-state index in [1.807, 2.05) is 0 Å². The highest BCUT2D eigenvalue weighted by Crippen LogP contribution is 2.34. The van der Waals surface area contributed by atoms with Crippen LogP contribution < -0.4 is 0 Å². The van der Waals surface area contributed by atoms with Crippen LogP contribution in [0.1, 0.15) is 12.8 Å². The summed E-state index contributed by atoms with van der Waals surface area (Å²) in [5, 5.41) is 0. The molecule has 0 amide bonds. The first kappa shape index (κ1) is 11.2. The van der Waals surface area contributed by atoms with Gasteiger partial charge in [-0.3, -0.25) is 0 Å². The van der Waals surface area contributed by atoms with Gasteiger partial charge in [-0.15, -0.1) is 6.42 Å². The second-order valence-corrected chi connectivity index (χ2v) is 5.89. The molecule has 19 heavy (non-hydrogen) atoms. The van der Waals surface area contributed by atoms with Crippen molar-refractivity contribution in [2.45, 2.75) is 18.9 Å². The van der Waals surface area contributed by atoms with Crippen molar-refractivity contribution in [2.24, 2.45) is 5.92 Å². The lowest BCUT2D eigenvalue weighted by atomic mass is 9.95. The number of piperidine rings is 1.